The van der Waals surface area contributed by atoms with Gasteiger partial charge < -0.3 is 0 Å². The second-order valence-corrected chi connectivity index (χ2v) is 3.04. The Morgan fingerprint density at radius 2 is 1.90 bits per heavy atom. The summed E-state index contributed by atoms with van der Waals surface area (Å²) in [6.07, 6.45) is 3.69. The minimum atomic E-state index is 0.153. The van der Waals surface area contributed by atoms with E-state index in [0.717, 1.165) is 12.8 Å². The SMILES string of the molecule is CC(C)CCC(C)N=C=O. The minimum Gasteiger partial charge on any atom is -0.211 e. The molecule has 58 valence electrons. The van der Waals surface area contributed by atoms with Gasteiger partial charge in [-0.05, 0) is 25.7 Å². The van der Waals surface area contributed by atoms with Crippen LogP contribution in [0.2, 0.25) is 0 Å². The van der Waals surface area contributed by atoms with Gasteiger partial charge >= 0.3 is 0 Å². The summed E-state index contributed by atoms with van der Waals surface area (Å²) in [4.78, 5) is 13.4. The Balaban J connectivity index is 3.39. The molecule has 0 aromatic carbocycles. The maximum absolute atomic E-state index is 9.77. The third kappa shape index (κ3) is 5.52. The summed E-state index contributed by atoms with van der Waals surface area (Å²) in [7, 11) is 0. The summed E-state index contributed by atoms with van der Waals surface area (Å²) < 4.78 is 0. The fourth-order valence-electron chi connectivity index (χ4n) is 0.729. The first-order valence-corrected chi connectivity index (χ1v) is 3.73. The van der Waals surface area contributed by atoms with E-state index in [1.807, 2.05) is 6.92 Å². The molecule has 2 heteroatoms. The molecule has 0 amide bonds. The normalized spacial score (nSPS) is 12.8. The standard InChI is InChI=1S/C8H15NO/c1-7(2)4-5-8(3)9-6-10/h7-8H,4-5H2,1-3H3. The number of hydrogen-bond acceptors (Lipinski definition) is 2. The molecule has 0 bridgehead atoms. The van der Waals surface area contributed by atoms with E-state index in [0.29, 0.717) is 5.92 Å². The quantitative estimate of drug-likeness (QED) is 0.435. The number of aliphatic imine (C=N–C) groups is 1. The van der Waals surface area contributed by atoms with Gasteiger partial charge in [0, 0.05) is 0 Å². The maximum Gasteiger partial charge on any atom is 0.235 e. The van der Waals surface area contributed by atoms with Crippen molar-refractivity contribution in [2.45, 2.75) is 39.7 Å². The van der Waals surface area contributed by atoms with E-state index < -0.39 is 0 Å². The predicted octanol–water partition coefficient (Wildman–Crippen LogP) is 2.15. The smallest absolute Gasteiger partial charge is 0.211 e. The second-order valence-electron chi connectivity index (χ2n) is 3.04. The van der Waals surface area contributed by atoms with Gasteiger partial charge in [0.25, 0.3) is 0 Å². The van der Waals surface area contributed by atoms with Gasteiger partial charge in [-0.2, -0.15) is 0 Å². The van der Waals surface area contributed by atoms with Crippen LogP contribution in [0.3, 0.4) is 0 Å². The first-order chi connectivity index (χ1) is 4.66. The van der Waals surface area contributed by atoms with Crippen molar-refractivity contribution in [2.75, 3.05) is 0 Å². The van der Waals surface area contributed by atoms with Crippen LogP contribution in [0, 0.1) is 5.92 Å². The molecule has 0 radical (unpaired) electrons. The summed E-state index contributed by atoms with van der Waals surface area (Å²) in [5.74, 6) is 0.698. The van der Waals surface area contributed by atoms with E-state index in [1.54, 1.807) is 6.08 Å². The Labute approximate surface area is 62.4 Å². The molecular formula is C8H15NO. The molecule has 0 saturated heterocycles. The molecule has 0 aliphatic rings. The summed E-state index contributed by atoms with van der Waals surface area (Å²) >= 11 is 0. The third-order valence-electron chi connectivity index (χ3n) is 1.43. The highest BCUT2D eigenvalue weighted by molar-refractivity contribution is 5.33. The fourth-order valence-corrected chi connectivity index (χ4v) is 0.729. The van der Waals surface area contributed by atoms with Crippen LogP contribution < -0.4 is 0 Å². The van der Waals surface area contributed by atoms with Gasteiger partial charge in [-0.1, -0.05) is 13.8 Å². The van der Waals surface area contributed by atoms with Gasteiger partial charge in [0.05, 0.1) is 6.04 Å². The number of rotatable bonds is 4. The zero-order chi connectivity index (χ0) is 7.98. The lowest BCUT2D eigenvalue weighted by atomic mass is 10.1. The summed E-state index contributed by atoms with van der Waals surface area (Å²) in [6.45, 7) is 6.27. The summed E-state index contributed by atoms with van der Waals surface area (Å²) in [5.41, 5.74) is 0. The first-order valence-electron chi connectivity index (χ1n) is 3.73. The van der Waals surface area contributed by atoms with Crippen LogP contribution in [0.15, 0.2) is 4.99 Å². The molecular weight excluding hydrogens is 126 g/mol. The van der Waals surface area contributed by atoms with Gasteiger partial charge in [-0.25, -0.2) is 9.79 Å². The Hall–Kier alpha value is -0.620. The van der Waals surface area contributed by atoms with E-state index >= 15 is 0 Å². The highest BCUT2D eigenvalue weighted by Gasteiger charge is 1.99. The fraction of sp³-hybridized carbons (Fsp3) is 0.875. The van der Waals surface area contributed by atoms with Crippen LogP contribution in [-0.2, 0) is 4.79 Å². The van der Waals surface area contributed by atoms with Gasteiger partial charge in [-0.15, -0.1) is 0 Å². The Morgan fingerprint density at radius 1 is 1.30 bits per heavy atom. The zero-order valence-electron chi connectivity index (χ0n) is 6.92. The van der Waals surface area contributed by atoms with Crippen molar-refractivity contribution < 1.29 is 4.79 Å². The lowest BCUT2D eigenvalue weighted by Gasteiger charge is -2.05. The monoisotopic (exact) mass is 141 g/mol. The van der Waals surface area contributed by atoms with Crippen LogP contribution in [0.1, 0.15) is 33.6 Å². The van der Waals surface area contributed by atoms with Crippen molar-refractivity contribution in [3.05, 3.63) is 0 Å². The summed E-state index contributed by atoms with van der Waals surface area (Å²) in [5, 5.41) is 0. The Bertz CT molecular complexity index is 125. The van der Waals surface area contributed by atoms with Gasteiger partial charge in [0.1, 0.15) is 0 Å². The summed E-state index contributed by atoms with van der Waals surface area (Å²) in [6, 6.07) is 0.153. The van der Waals surface area contributed by atoms with Crippen LogP contribution >= 0.6 is 0 Å². The largest absolute Gasteiger partial charge is 0.235 e. The number of hydrogen-bond donors (Lipinski definition) is 0. The lowest BCUT2D eigenvalue weighted by molar-refractivity contribution is 0.508. The molecule has 0 aliphatic carbocycles. The Kier molecular flexibility index (Phi) is 4.87. The van der Waals surface area contributed by atoms with Crippen LogP contribution in [0.25, 0.3) is 0 Å². The number of carbonyl (C=O) groups excluding carboxylic acids is 1. The van der Waals surface area contributed by atoms with Crippen molar-refractivity contribution >= 4 is 6.08 Å². The molecule has 0 fully saturated rings. The highest BCUT2D eigenvalue weighted by atomic mass is 16.1. The average Bonchev–Trinajstić information content (AvgIpc) is 1.85. The van der Waals surface area contributed by atoms with E-state index in [9.17, 15) is 4.79 Å². The van der Waals surface area contributed by atoms with Gasteiger partial charge in [0.15, 0.2) is 0 Å². The Morgan fingerprint density at radius 3 is 2.30 bits per heavy atom. The molecule has 0 aromatic heterocycles. The number of isocyanates is 1. The molecule has 0 aliphatic heterocycles. The molecule has 0 rings (SSSR count). The zero-order valence-corrected chi connectivity index (χ0v) is 6.92. The van der Waals surface area contributed by atoms with Crippen molar-refractivity contribution in [1.29, 1.82) is 0 Å². The minimum absolute atomic E-state index is 0.153. The van der Waals surface area contributed by atoms with Crippen molar-refractivity contribution in [2.24, 2.45) is 10.9 Å². The molecule has 0 heterocycles. The molecule has 0 aromatic rings. The molecule has 1 atom stereocenters. The van der Waals surface area contributed by atoms with Crippen molar-refractivity contribution in [3.63, 3.8) is 0 Å². The predicted molar refractivity (Wildman–Crippen MR) is 41.7 cm³/mol. The van der Waals surface area contributed by atoms with E-state index in [-0.39, 0.29) is 6.04 Å². The van der Waals surface area contributed by atoms with Crippen molar-refractivity contribution in [3.8, 4) is 0 Å². The van der Waals surface area contributed by atoms with Gasteiger partial charge in [0.2, 0.25) is 6.08 Å². The van der Waals surface area contributed by atoms with Crippen LogP contribution in [0.5, 0.6) is 0 Å². The van der Waals surface area contributed by atoms with E-state index in [2.05, 4.69) is 18.8 Å². The second kappa shape index (κ2) is 5.19. The van der Waals surface area contributed by atoms with E-state index in [1.165, 1.54) is 0 Å². The molecule has 2 nitrogen and oxygen atoms in total. The van der Waals surface area contributed by atoms with E-state index in [4.69, 9.17) is 0 Å². The lowest BCUT2D eigenvalue weighted by Crippen LogP contribution is -1.99. The molecule has 10 heavy (non-hydrogen) atoms. The number of nitrogens with zero attached hydrogens (tertiary/aromatic N) is 1. The molecule has 1 unspecified atom stereocenters. The molecule has 0 saturated carbocycles. The van der Waals surface area contributed by atoms with Crippen LogP contribution in [0.4, 0.5) is 0 Å². The maximum atomic E-state index is 9.77. The van der Waals surface area contributed by atoms with Gasteiger partial charge in [-0.3, -0.25) is 0 Å². The molecule has 0 spiro atoms. The topological polar surface area (TPSA) is 29.4 Å². The van der Waals surface area contributed by atoms with Crippen molar-refractivity contribution in [1.82, 2.24) is 0 Å². The highest BCUT2D eigenvalue weighted by Crippen LogP contribution is 2.07. The molecule has 0 N–H and O–H groups in total. The first kappa shape index (κ1) is 9.38. The third-order valence-corrected chi connectivity index (χ3v) is 1.43. The average molecular weight is 141 g/mol. The van der Waals surface area contributed by atoms with Crippen LogP contribution in [-0.4, -0.2) is 12.1 Å².